The van der Waals surface area contributed by atoms with Crippen molar-refractivity contribution in [1.29, 1.82) is 0 Å². The van der Waals surface area contributed by atoms with Crippen LogP contribution in [-0.2, 0) is 17.9 Å². The van der Waals surface area contributed by atoms with E-state index >= 15 is 0 Å². The molecule has 0 unspecified atom stereocenters. The molecule has 0 saturated heterocycles. The molecule has 1 heterocycles. The van der Waals surface area contributed by atoms with Gasteiger partial charge in [0.15, 0.2) is 6.61 Å². The number of non-ortho nitro benzene ring substituents is 1. The summed E-state index contributed by atoms with van der Waals surface area (Å²) in [6, 6.07) is 16.3. The second kappa shape index (κ2) is 9.45. The number of hydrogen-bond acceptors (Lipinski definition) is 6. The van der Waals surface area contributed by atoms with Gasteiger partial charge in [-0.25, -0.2) is 9.78 Å². The van der Waals surface area contributed by atoms with Crippen molar-refractivity contribution in [2.24, 2.45) is 5.73 Å². The van der Waals surface area contributed by atoms with Gasteiger partial charge < -0.3 is 15.0 Å². The van der Waals surface area contributed by atoms with Gasteiger partial charge in [-0.2, -0.15) is 0 Å². The summed E-state index contributed by atoms with van der Waals surface area (Å²) in [7, 11) is 0. The standard InChI is InChI=1S/C21H22N4O4S/c1-14(2)19-20(30-17-10-6-9-16(11-17)25(27)28)24(12-15-7-4-3-5-8-15)18(23-19)13-29-21(22)26/h3-11,14H,12-13H2,1-2H3,(H2,22,26). The van der Waals surface area contributed by atoms with Crippen LogP contribution in [0.5, 0.6) is 0 Å². The van der Waals surface area contributed by atoms with Gasteiger partial charge in [-0.05, 0) is 17.5 Å². The summed E-state index contributed by atoms with van der Waals surface area (Å²) >= 11 is 1.40. The van der Waals surface area contributed by atoms with Crippen LogP contribution in [0.25, 0.3) is 0 Å². The van der Waals surface area contributed by atoms with Crippen LogP contribution in [0.1, 0.15) is 36.8 Å². The van der Waals surface area contributed by atoms with Crippen molar-refractivity contribution in [1.82, 2.24) is 9.55 Å². The highest BCUT2D eigenvalue weighted by atomic mass is 32.2. The Morgan fingerprint density at radius 2 is 1.97 bits per heavy atom. The number of carbonyl (C=O) groups is 1. The van der Waals surface area contributed by atoms with E-state index in [9.17, 15) is 14.9 Å². The number of imidazole rings is 1. The third-order valence-corrected chi connectivity index (χ3v) is 5.45. The van der Waals surface area contributed by atoms with Gasteiger partial charge in [0, 0.05) is 23.6 Å². The quantitative estimate of drug-likeness (QED) is 0.412. The first-order chi connectivity index (χ1) is 14.3. The fraction of sp³-hybridized carbons (Fsp3) is 0.238. The average Bonchev–Trinajstić information content (AvgIpc) is 3.05. The van der Waals surface area contributed by atoms with E-state index in [-0.39, 0.29) is 18.2 Å². The summed E-state index contributed by atoms with van der Waals surface area (Å²) < 4.78 is 6.98. The summed E-state index contributed by atoms with van der Waals surface area (Å²) in [5.41, 5.74) is 7.05. The summed E-state index contributed by atoms with van der Waals surface area (Å²) in [6.07, 6.45) is -0.872. The normalized spacial score (nSPS) is 10.9. The van der Waals surface area contributed by atoms with E-state index in [1.54, 1.807) is 6.07 Å². The fourth-order valence-corrected chi connectivity index (χ4v) is 4.15. The second-order valence-electron chi connectivity index (χ2n) is 6.91. The minimum absolute atomic E-state index is 0.0255. The number of aromatic nitrogens is 2. The molecule has 2 aromatic carbocycles. The maximum atomic E-state index is 11.2. The van der Waals surface area contributed by atoms with Gasteiger partial charge in [0.1, 0.15) is 10.9 Å². The largest absolute Gasteiger partial charge is 0.442 e. The lowest BCUT2D eigenvalue weighted by atomic mass is 10.1. The summed E-state index contributed by atoms with van der Waals surface area (Å²) in [4.78, 5) is 27.3. The smallest absolute Gasteiger partial charge is 0.404 e. The highest BCUT2D eigenvalue weighted by Gasteiger charge is 2.22. The highest BCUT2D eigenvalue weighted by Crippen LogP contribution is 2.36. The Balaban J connectivity index is 2.06. The molecule has 0 radical (unpaired) electrons. The van der Waals surface area contributed by atoms with E-state index in [1.807, 2.05) is 54.8 Å². The van der Waals surface area contributed by atoms with E-state index < -0.39 is 11.0 Å². The molecule has 8 nitrogen and oxygen atoms in total. The molecule has 0 bridgehead atoms. The highest BCUT2D eigenvalue weighted by molar-refractivity contribution is 7.99. The van der Waals surface area contributed by atoms with Gasteiger partial charge in [-0.3, -0.25) is 10.1 Å². The zero-order chi connectivity index (χ0) is 21.7. The number of amides is 1. The molecule has 9 heteroatoms. The second-order valence-corrected chi connectivity index (χ2v) is 7.97. The average molecular weight is 426 g/mol. The maximum absolute atomic E-state index is 11.2. The van der Waals surface area contributed by atoms with Crippen LogP contribution >= 0.6 is 11.8 Å². The Kier molecular flexibility index (Phi) is 6.73. The number of nitrogens with zero attached hydrogens (tertiary/aromatic N) is 3. The molecule has 0 saturated carbocycles. The summed E-state index contributed by atoms with van der Waals surface area (Å²) in [5.74, 6) is 0.657. The molecule has 3 rings (SSSR count). The molecule has 0 aliphatic rings. The number of hydrogen-bond donors (Lipinski definition) is 1. The van der Waals surface area contributed by atoms with Crippen molar-refractivity contribution in [3.05, 3.63) is 81.8 Å². The Morgan fingerprint density at radius 3 is 2.60 bits per heavy atom. The van der Waals surface area contributed by atoms with Crippen LogP contribution < -0.4 is 5.73 Å². The molecular weight excluding hydrogens is 404 g/mol. The SMILES string of the molecule is CC(C)c1nc(COC(N)=O)n(Cc2ccccc2)c1Sc1cccc([N+](=O)[O-])c1. The molecule has 0 aliphatic heterocycles. The Bertz CT molecular complexity index is 1050. The number of rotatable bonds is 8. The van der Waals surface area contributed by atoms with Gasteiger partial charge in [0.25, 0.3) is 5.69 Å². The van der Waals surface area contributed by atoms with Crippen LogP contribution in [0.15, 0.2) is 64.5 Å². The molecule has 0 aliphatic carbocycles. The number of nitro benzene ring substituents is 1. The van der Waals surface area contributed by atoms with E-state index in [0.717, 1.165) is 21.2 Å². The predicted octanol–water partition coefficient (Wildman–Crippen LogP) is 4.71. The van der Waals surface area contributed by atoms with Gasteiger partial charge >= 0.3 is 6.09 Å². The van der Waals surface area contributed by atoms with Crippen LogP contribution in [-0.4, -0.2) is 20.6 Å². The monoisotopic (exact) mass is 426 g/mol. The number of ether oxygens (including phenoxy) is 1. The van der Waals surface area contributed by atoms with Crippen molar-refractivity contribution in [2.45, 2.75) is 42.8 Å². The van der Waals surface area contributed by atoms with E-state index in [0.29, 0.717) is 12.4 Å². The van der Waals surface area contributed by atoms with Crippen LogP contribution in [0.3, 0.4) is 0 Å². The zero-order valence-corrected chi connectivity index (χ0v) is 17.5. The molecular formula is C21H22N4O4S. The molecule has 3 aromatic rings. The molecule has 0 fully saturated rings. The fourth-order valence-electron chi connectivity index (χ4n) is 2.93. The van der Waals surface area contributed by atoms with Gasteiger partial charge in [-0.15, -0.1) is 0 Å². The van der Waals surface area contributed by atoms with E-state index in [2.05, 4.69) is 0 Å². The summed E-state index contributed by atoms with van der Waals surface area (Å²) in [6.45, 7) is 4.49. The predicted molar refractivity (Wildman–Crippen MR) is 113 cm³/mol. The van der Waals surface area contributed by atoms with Gasteiger partial charge in [0.05, 0.1) is 10.6 Å². The molecule has 30 heavy (non-hydrogen) atoms. The number of nitro groups is 1. The van der Waals surface area contributed by atoms with E-state index in [1.165, 1.54) is 23.9 Å². The number of nitrogens with two attached hydrogens (primary N) is 1. The molecule has 2 N–H and O–H groups in total. The zero-order valence-electron chi connectivity index (χ0n) is 16.6. The Labute approximate surface area is 178 Å². The van der Waals surface area contributed by atoms with Gasteiger partial charge in [-0.1, -0.05) is 62.0 Å². The van der Waals surface area contributed by atoms with Crippen molar-refractivity contribution < 1.29 is 14.5 Å². The maximum Gasteiger partial charge on any atom is 0.404 e. The van der Waals surface area contributed by atoms with Crippen LogP contribution in [0, 0.1) is 10.1 Å². The Morgan fingerprint density at radius 1 is 1.23 bits per heavy atom. The van der Waals surface area contributed by atoms with Crippen molar-refractivity contribution in [2.75, 3.05) is 0 Å². The van der Waals surface area contributed by atoms with Crippen molar-refractivity contribution >= 4 is 23.5 Å². The first-order valence-electron chi connectivity index (χ1n) is 9.33. The lowest BCUT2D eigenvalue weighted by Crippen LogP contribution is -2.15. The lowest BCUT2D eigenvalue weighted by molar-refractivity contribution is -0.385. The topological polar surface area (TPSA) is 113 Å². The molecule has 1 aromatic heterocycles. The van der Waals surface area contributed by atoms with Crippen molar-refractivity contribution in [3.63, 3.8) is 0 Å². The lowest BCUT2D eigenvalue weighted by Gasteiger charge is -2.13. The third kappa shape index (κ3) is 5.18. The number of benzene rings is 2. The Hall–Kier alpha value is -3.33. The minimum Gasteiger partial charge on any atom is -0.442 e. The van der Waals surface area contributed by atoms with Crippen LogP contribution in [0.2, 0.25) is 0 Å². The minimum atomic E-state index is -0.872. The van der Waals surface area contributed by atoms with Gasteiger partial charge in [0.2, 0.25) is 0 Å². The molecule has 156 valence electrons. The van der Waals surface area contributed by atoms with Crippen molar-refractivity contribution in [3.8, 4) is 0 Å². The molecule has 0 spiro atoms. The molecule has 0 atom stereocenters. The third-order valence-electron chi connectivity index (χ3n) is 4.34. The first kappa shape index (κ1) is 21.4. The number of carbonyl (C=O) groups excluding carboxylic acids is 1. The summed E-state index contributed by atoms with van der Waals surface area (Å²) in [5, 5.41) is 12.0. The number of primary amides is 1. The molecule has 1 amide bonds. The van der Waals surface area contributed by atoms with E-state index in [4.69, 9.17) is 15.5 Å². The first-order valence-corrected chi connectivity index (χ1v) is 10.1. The van der Waals surface area contributed by atoms with Crippen LogP contribution in [0.4, 0.5) is 10.5 Å².